The van der Waals surface area contributed by atoms with Crippen LogP contribution >= 0.6 is 0 Å². The number of Topliss-reactive ketones (excluding diaryl/α,β-unsaturated/α-hetero) is 1. The molecule has 0 amide bonds. The van der Waals surface area contributed by atoms with Crippen molar-refractivity contribution in [3.8, 4) is 5.75 Å². The zero-order valence-corrected chi connectivity index (χ0v) is 6.94. The van der Waals surface area contributed by atoms with Crippen LogP contribution in [0.2, 0.25) is 0 Å². The molecular formula is C10H4O4. The average Bonchev–Trinajstić information content (AvgIpc) is 2.73. The van der Waals surface area contributed by atoms with Gasteiger partial charge in [0.15, 0.2) is 5.75 Å². The van der Waals surface area contributed by atoms with Gasteiger partial charge in [0.2, 0.25) is 0 Å². The number of esters is 1. The van der Waals surface area contributed by atoms with Crippen LogP contribution in [-0.2, 0) is 4.79 Å². The number of benzene rings is 1. The first-order valence-corrected chi connectivity index (χ1v) is 4.04. The minimum atomic E-state index is -0.825. The van der Waals surface area contributed by atoms with Gasteiger partial charge in [-0.2, -0.15) is 0 Å². The Hall–Kier alpha value is -2.10. The summed E-state index contributed by atoms with van der Waals surface area (Å²) in [6.07, 6.45) is 1.49. The molecular weight excluding hydrogens is 184 g/mol. The van der Waals surface area contributed by atoms with E-state index in [1.807, 2.05) is 0 Å². The molecule has 2 heterocycles. The quantitative estimate of drug-likeness (QED) is 0.357. The Kier molecular flexibility index (Phi) is 1.16. The van der Waals surface area contributed by atoms with Gasteiger partial charge in [0.05, 0.1) is 17.2 Å². The molecule has 1 aromatic heterocycles. The predicted molar refractivity (Wildman–Crippen MR) is 46.2 cm³/mol. The van der Waals surface area contributed by atoms with Crippen LogP contribution in [-0.4, -0.2) is 11.8 Å². The largest absolute Gasteiger partial charge is 0.464 e. The molecule has 0 spiro atoms. The standard InChI is InChI=1S/C10H4O4/c11-8-6-1-2-7-5(3-4-13-7)9(6)14-10(8)12/h1-4H. The lowest BCUT2D eigenvalue weighted by atomic mass is 10.1. The van der Waals surface area contributed by atoms with Crippen LogP contribution in [0.15, 0.2) is 28.9 Å². The molecule has 0 N–H and O–H groups in total. The second kappa shape index (κ2) is 2.23. The first-order valence-electron chi connectivity index (χ1n) is 4.04. The predicted octanol–water partition coefficient (Wildman–Crippen LogP) is 1.53. The van der Waals surface area contributed by atoms with Crippen molar-refractivity contribution >= 4 is 22.7 Å². The minimum absolute atomic E-state index is 0.309. The van der Waals surface area contributed by atoms with Gasteiger partial charge < -0.3 is 9.15 Å². The highest BCUT2D eigenvalue weighted by Gasteiger charge is 2.32. The van der Waals surface area contributed by atoms with Crippen LogP contribution in [0.1, 0.15) is 10.4 Å². The summed E-state index contributed by atoms with van der Waals surface area (Å²) in [5, 5.41) is 0.654. The van der Waals surface area contributed by atoms with Crippen LogP contribution < -0.4 is 4.74 Å². The van der Waals surface area contributed by atoms with Gasteiger partial charge in [-0.25, -0.2) is 4.79 Å². The van der Waals surface area contributed by atoms with E-state index in [1.54, 1.807) is 12.1 Å². The van der Waals surface area contributed by atoms with E-state index >= 15 is 0 Å². The molecule has 1 aliphatic heterocycles. The Morgan fingerprint density at radius 3 is 2.79 bits per heavy atom. The molecule has 0 saturated heterocycles. The van der Waals surface area contributed by atoms with E-state index in [9.17, 15) is 9.59 Å². The molecule has 1 aromatic carbocycles. The molecule has 0 bridgehead atoms. The monoisotopic (exact) mass is 188 g/mol. The van der Waals surface area contributed by atoms with E-state index in [0.717, 1.165) is 0 Å². The molecule has 0 atom stereocenters. The SMILES string of the molecule is O=C1Oc2c(ccc3occc23)C1=O. The molecule has 0 radical (unpaired) electrons. The summed E-state index contributed by atoms with van der Waals surface area (Å²) in [6, 6.07) is 4.85. The second-order valence-corrected chi connectivity index (χ2v) is 2.99. The zero-order chi connectivity index (χ0) is 9.71. The van der Waals surface area contributed by atoms with Gasteiger partial charge in [-0.05, 0) is 18.2 Å². The summed E-state index contributed by atoms with van der Waals surface area (Å²) >= 11 is 0. The molecule has 0 saturated carbocycles. The summed E-state index contributed by atoms with van der Waals surface area (Å²) in [6.45, 7) is 0. The molecule has 68 valence electrons. The normalized spacial score (nSPS) is 14.6. The maximum Gasteiger partial charge on any atom is 0.385 e. The van der Waals surface area contributed by atoms with Gasteiger partial charge in [-0.3, -0.25) is 4.79 Å². The van der Waals surface area contributed by atoms with Crippen LogP contribution in [0.4, 0.5) is 0 Å². The highest BCUT2D eigenvalue weighted by atomic mass is 16.5. The number of furan rings is 1. The van der Waals surface area contributed by atoms with Crippen LogP contribution in [0.5, 0.6) is 5.75 Å². The van der Waals surface area contributed by atoms with Crippen molar-refractivity contribution in [3.05, 3.63) is 30.0 Å². The fourth-order valence-electron chi connectivity index (χ4n) is 1.56. The van der Waals surface area contributed by atoms with Crippen LogP contribution in [0.3, 0.4) is 0 Å². The highest BCUT2D eigenvalue weighted by Crippen LogP contribution is 2.34. The van der Waals surface area contributed by atoms with E-state index in [1.165, 1.54) is 12.3 Å². The Bertz CT molecular complexity index is 565. The number of ketones is 1. The van der Waals surface area contributed by atoms with Crippen molar-refractivity contribution < 1.29 is 18.7 Å². The molecule has 14 heavy (non-hydrogen) atoms. The Labute approximate surface area is 78.1 Å². The fourth-order valence-corrected chi connectivity index (χ4v) is 1.56. The van der Waals surface area contributed by atoms with Crippen LogP contribution in [0.25, 0.3) is 11.0 Å². The van der Waals surface area contributed by atoms with Gasteiger partial charge in [0.25, 0.3) is 5.78 Å². The van der Waals surface area contributed by atoms with Gasteiger partial charge in [-0.1, -0.05) is 0 Å². The van der Waals surface area contributed by atoms with Crippen molar-refractivity contribution in [1.82, 2.24) is 0 Å². The lowest BCUT2D eigenvalue weighted by Crippen LogP contribution is -2.10. The number of fused-ring (bicyclic) bond motifs is 3. The van der Waals surface area contributed by atoms with E-state index in [-0.39, 0.29) is 0 Å². The molecule has 0 unspecified atom stereocenters. The molecule has 4 heteroatoms. The first-order chi connectivity index (χ1) is 6.77. The Morgan fingerprint density at radius 2 is 1.93 bits per heavy atom. The Balaban J connectivity index is 2.44. The number of rotatable bonds is 0. The lowest BCUT2D eigenvalue weighted by molar-refractivity contribution is -0.128. The molecule has 1 aliphatic rings. The van der Waals surface area contributed by atoms with Crippen molar-refractivity contribution in [2.75, 3.05) is 0 Å². The maximum absolute atomic E-state index is 11.3. The van der Waals surface area contributed by atoms with Gasteiger partial charge in [0, 0.05) is 0 Å². The van der Waals surface area contributed by atoms with E-state index in [2.05, 4.69) is 0 Å². The maximum atomic E-state index is 11.3. The zero-order valence-electron chi connectivity index (χ0n) is 6.94. The van der Waals surface area contributed by atoms with E-state index < -0.39 is 11.8 Å². The van der Waals surface area contributed by atoms with Gasteiger partial charge >= 0.3 is 5.97 Å². The number of carbonyl (C=O) groups excluding carboxylic acids is 2. The van der Waals surface area contributed by atoms with Crippen LogP contribution in [0, 0.1) is 0 Å². The number of carbonyl (C=O) groups is 2. The van der Waals surface area contributed by atoms with Crippen molar-refractivity contribution in [2.45, 2.75) is 0 Å². The summed E-state index contributed by atoms with van der Waals surface area (Å²) in [5.74, 6) is -1.11. The van der Waals surface area contributed by atoms with E-state index in [0.29, 0.717) is 22.3 Å². The lowest BCUT2D eigenvalue weighted by Gasteiger charge is -1.95. The Morgan fingerprint density at radius 1 is 1.07 bits per heavy atom. The van der Waals surface area contributed by atoms with Crippen molar-refractivity contribution in [1.29, 1.82) is 0 Å². The first kappa shape index (κ1) is 7.32. The third-order valence-electron chi connectivity index (χ3n) is 2.21. The molecule has 0 aliphatic carbocycles. The molecule has 4 nitrogen and oxygen atoms in total. The van der Waals surface area contributed by atoms with Crippen molar-refractivity contribution in [2.24, 2.45) is 0 Å². The topological polar surface area (TPSA) is 56.5 Å². The highest BCUT2D eigenvalue weighted by molar-refractivity contribution is 6.45. The average molecular weight is 188 g/mol. The molecule has 2 aromatic rings. The fraction of sp³-hybridized carbons (Fsp3) is 0. The summed E-state index contributed by atoms with van der Waals surface area (Å²) in [4.78, 5) is 22.3. The number of ether oxygens (including phenoxy) is 1. The molecule has 0 fully saturated rings. The smallest absolute Gasteiger partial charge is 0.385 e. The summed E-state index contributed by atoms with van der Waals surface area (Å²) in [5.41, 5.74) is 0.912. The summed E-state index contributed by atoms with van der Waals surface area (Å²) in [7, 11) is 0. The minimum Gasteiger partial charge on any atom is -0.464 e. The van der Waals surface area contributed by atoms with E-state index in [4.69, 9.17) is 9.15 Å². The third kappa shape index (κ3) is 0.724. The number of hydrogen-bond donors (Lipinski definition) is 0. The molecule has 3 rings (SSSR count). The summed E-state index contributed by atoms with van der Waals surface area (Å²) < 4.78 is 9.95. The third-order valence-corrected chi connectivity index (χ3v) is 2.21. The second-order valence-electron chi connectivity index (χ2n) is 2.99. The number of hydrogen-bond acceptors (Lipinski definition) is 4. The van der Waals surface area contributed by atoms with Crippen molar-refractivity contribution in [3.63, 3.8) is 0 Å². The van der Waals surface area contributed by atoms with Gasteiger partial charge in [0.1, 0.15) is 5.58 Å². The van der Waals surface area contributed by atoms with Gasteiger partial charge in [-0.15, -0.1) is 0 Å².